The van der Waals surface area contributed by atoms with Crippen molar-refractivity contribution in [2.45, 2.75) is 13.1 Å². The molecule has 94 valence electrons. The van der Waals surface area contributed by atoms with E-state index in [4.69, 9.17) is 5.73 Å². The van der Waals surface area contributed by atoms with Crippen LogP contribution >= 0.6 is 0 Å². The van der Waals surface area contributed by atoms with Crippen molar-refractivity contribution in [3.8, 4) is 5.75 Å². The van der Waals surface area contributed by atoms with Crippen LogP contribution in [0.25, 0.3) is 0 Å². The molecule has 0 amide bonds. The molecule has 18 heavy (non-hydrogen) atoms. The van der Waals surface area contributed by atoms with Crippen LogP contribution in [0.1, 0.15) is 18.8 Å². The second-order valence-corrected chi connectivity index (χ2v) is 4.07. The van der Waals surface area contributed by atoms with Crippen LogP contribution in [0.5, 0.6) is 5.75 Å². The average molecular weight is 247 g/mol. The Labute approximate surface area is 103 Å². The molecule has 1 unspecified atom stereocenters. The molecule has 0 aliphatic carbocycles. The van der Waals surface area contributed by atoms with E-state index in [9.17, 15) is 5.11 Å². The first-order chi connectivity index (χ1) is 8.70. The lowest BCUT2D eigenvalue weighted by Gasteiger charge is -2.23. The summed E-state index contributed by atoms with van der Waals surface area (Å²) in [6.07, 6.45) is -0.224. The van der Waals surface area contributed by atoms with Gasteiger partial charge >= 0.3 is 0 Å². The van der Waals surface area contributed by atoms with Crippen molar-refractivity contribution in [3.63, 3.8) is 0 Å². The molecule has 0 bridgehead atoms. The third-order valence-electron chi connectivity index (χ3n) is 3.03. The number of fused-ring (bicyclic) bond motifs is 1. The highest BCUT2D eigenvalue weighted by Crippen LogP contribution is 2.42. The Morgan fingerprint density at radius 3 is 3.00 bits per heavy atom. The number of aromatic nitrogens is 2. The fourth-order valence-electron chi connectivity index (χ4n) is 2.22. The summed E-state index contributed by atoms with van der Waals surface area (Å²) in [5.41, 5.74) is 8.09. The van der Waals surface area contributed by atoms with E-state index in [1.165, 1.54) is 0 Å². The molecule has 7 nitrogen and oxygen atoms in total. The molecule has 1 atom stereocenters. The lowest BCUT2D eigenvalue weighted by molar-refractivity contribution is 0.303. The Hall–Kier alpha value is -2.44. The zero-order valence-corrected chi connectivity index (χ0v) is 9.79. The lowest BCUT2D eigenvalue weighted by Crippen LogP contribution is -2.28. The van der Waals surface area contributed by atoms with Gasteiger partial charge in [-0.2, -0.15) is 0 Å². The zero-order valence-electron chi connectivity index (χ0n) is 9.79. The second-order valence-electron chi connectivity index (χ2n) is 4.07. The molecule has 0 spiro atoms. The minimum atomic E-state index is -0.224. The number of phenolic OH excluding ortho intramolecular Hbond substituents is 1. The molecule has 4 N–H and O–H groups in total. The first kappa shape index (κ1) is 10.7. The molecule has 2 heterocycles. The van der Waals surface area contributed by atoms with Crippen LogP contribution < -0.4 is 16.0 Å². The summed E-state index contributed by atoms with van der Waals surface area (Å²) in [6.45, 7) is 2.79. The van der Waals surface area contributed by atoms with Gasteiger partial charge in [-0.05, 0) is 29.4 Å². The van der Waals surface area contributed by atoms with E-state index in [-0.39, 0.29) is 17.7 Å². The molecule has 3 rings (SSSR count). The van der Waals surface area contributed by atoms with Crippen molar-refractivity contribution in [3.05, 3.63) is 23.9 Å². The number of nitrogens with one attached hydrogen (secondary N) is 1. The summed E-state index contributed by atoms with van der Waals surface area (Å²) in [5, 5.41) is 20.1. The number of benzene rings is 1. The number of nitrogens with zero attached hydrogens (tertiary/aromatic N) is 3. The Kier molecular flexibility index (Phi) is 2.26. The third kappa shape index (κ3) is 1.44. The molecule has 0 saturated heterocycles. The predicted molar refractivity (Wildman–Crippen MR) is 66.2 cm³/mol. The number of hydrogen-bond acceptors (Lipinski definition) is 7. The van der Waals surface area contributed by atoms with Crippen LogP contribution in [0, 0.1) is 0 Å². The molecule has 1 aromatic carbocycles. The number of phenols is 1. The number of hydrogen-bond donors (Lipinski definition) is 3. The summed E-state index contributed by atoms with van der Waals surface area (Å²) in [5.74, 6) is 0.479. The first-order valence-electron chi connectivity index (χ1n) is 5.65. The lowest BCUT2D eigenvalue weighted by atomic mass is 10.2. The van der Waals surface area contributed by atoms with Crippen LogP contribution in [-0.4, -0.2) is 22.0 Å². The van der Waals surface area contributed by atoms with Gasteiger partial charge in [-0.1, -0.05) is 0 Å². The van der Waals surface area contributed by atoms with Gasteiger partial charge in [-0.3, -0.25) is 0 Å². The van der Waals surface area contributed by atoms with Gasteiger partial charge in [-0.25, -0.2) is 4.63 Å². The van der Waals surface area contributed by atoms with E-state index >= 15 is 0 Å². The third-order valence-corrected chi connectivity index (χ3v) is 3.03. The molecule has 1 aromatic heterocycles. The average Bonchev–Trinajstić information content (AvgIpc) is 2.91. The summed E-state index contributed by atoms with van der Waals surface area (Å²) >= 11 is 0. The number of rotatable bonds is 2. The predicted octanol–water partition coefficient (Wildman–Crippen LogP) is 1.31. The molecule has 7 heteroatoms. The molecule has 1 aliphatic heterocycles. The van der Waals surface area contributed by atoms with Crippen molar-refractivity contribution >= 4 is 17.2 Å². The molecule has 1 aliphatic rings. The maximum atomic E-state index is 9.50. The zero-order chi connectivity index (χ0) is 12.7. The second kappa shape index (κ2) is 3.80. The maximum absolute atomic E-state index is 9.50. The van der Waals surface area contributed by atoms with Gasteiger partial charge in [-0.15, -0.1) is 0 Å². The molecule has 2 aromatic rings. The van der Waals surface area contributed by atoms with Crippen LogP contribution in [0.15, 0.2) is 22.8 Å². The monoisotopic (exact) mass is 247 g/mol. The maximum Gasteiger partial charge on any atom is 0.195 e. The van der Waals surface area contributed by atoms with E-state index in [1.54, 1.807) is 12.1 Å². The quantitative estimate of drug-likeness (QED) is 0.735. The van der Waals surface area contributed by atoms with Gasteiger partial charge < -0.3 is 21.1 Å². The van der Waals surface area contributed by atoms with Crippen LogP contribution in [0.3, 0.4) is 0 Å². The molecule has 0 saturated carbocycles. The van der Waals surface area contributed by atoms with Crippen LogP contribution in [-0.2, 0) is 0 Å². The summed E-state index contributed by atoms with van der Waals surface area (Å²) in [6, 6.07) is 5.17. The van der Waals surface area contributed by atoms with Gasteiger partial charge in [0.25, 0.3) is 0 Å². The molecule has 0 fully saturated rings. The van der Waals surface area contributed by atoms with E-state index in [0.717, 1.165) is 17.9 Å². The Morgan fingerprint density at radius 1 is 1.50 bits per heavy atom. The molecular formula is C11H13N5O2. The van der Waals surface area contributed by atoms with Crippen LogP contribution in [0.4, 0.5) is 17.2 Å². The van der Waals surface area contributed by atoms with Crippen molar-refractivity contribution in [1.82, 2.24) is 10.3 Å². The number of aromatic hydroxyl groups is 1. The standard InChI is InChI=1S/C11H13N5O2/c1-2-16-8-4-3-6(17)5-7(8)13-11(16)9-10(12)15-18-14-9/h3-5,11,13,17H,2H2,1H3,(H2,12,15). The molecule has 0 radical (unpaired) electrons. The van der Waals surface area contributed by atoms with Crippen molar-refractivity contribution in [1.29, 1.82) is 0 Å². The van der Waals surface area contributed by atoms with Gasteiger partial charge in [0, 0.05) is 12.6 Å². The molecular weight excluding hydrogens is 234 g/mol. The Bertz CT molecular complexity index is 583. The van der Waals surface area contributed by atoms with E-state index < -0.39 is 0 Å². The highest BCUT2D eigenvalue weighted by molar-refractivity contribution is 5.78. The van der Waals surface area contributed by atoms with E-state index in [1.807, 2.05) is 13.0 Å². The number of nitrogens with two attached hydrogens (primary N) is 1. The van der Waals surface area contributed by atoms with Gasteiger partial charge in [0.2, 0.25) is 0 Å². The van der Waals surface area contributed by atoms with E-state index in [0.29, 0.717) is 5.69 Å². The topological polar surface area (TPSA) is 100 Å². The van der Waals surface area contributed by atoms with Crippen molar-refractivity contribution < 1.29 is 9.74 Å². The van der Waals surface area contributed by atoms with Crippen molar-refractivity contribution in [2.24, 2.45) is 0 Å². The Morgan fingerprint density at radius 2 is 2.33 bits per heavy atom. The highest BCUT2D eigenvalue weighted by atomic mass is 16.6. The smallest absolute Gasteiger partial charge is 0.195 e. The Balaban J connectivity index is 2.04. The van der Waals surface area contributed by atoms with Gasteiger partial charge in [0.05, 0.1) is 11.4 Å². The number of nitrogen functional groups attached to an aromatic ring is 1. The summed E-state index contributed by atoms with van der Waals surface area (Å²) in [4.78, 5) is 2.07. The normalized spacial score (nSPS) is 17.6. The number of anilines is 3. The fourth-order valence-corrected chi connectivity index (χ4v) is 2.22. The van der Waals surface area contributed by atoms with Crippen molar-refractivity contribution in [2.75, 3.05) is 22.5 Å². The minimum absolute atomic E-state index is 0.212. The first-order valence-corrected chi connectivity index (χ1v) is 5.65. The SMILES string of the molecule is CCN1c2ccc(O)cc2NC1c1nonc1N. The summed E-state index contributed by atoms with van der Waals surface area (Å²) < 4.78 is 4.63. The fraction of sp³-hybridized carbons (Fsp3) is 0.273. The van der Waals surface area contributed by atoms with E-state index in [2.05, 4.69) is 25.2 Å². The largest absolute Gasteiger partial charge is 0.508 e. The summed E-state index contributed by atoms with van der Waals surface area (Å²) in [7, 11) is 0. The van der Waals surface area contributed by atoms with Gasteiger partial charge in [0.15, 0.2) is 17.7 Å². The minimum Gasteiger partial charge on any atom is -0.508 e. The van der Waals surface area contributed by atoms with Crippen LogP contribution in [0.2, 0.25) is 0 Å². The highest BCUT2D eigenvalue weighted by Gasteiger charge is 2.33. The van der Waals surface area contributed by atoms with Gasteiger partial charge in [0.1, 0.15) is 5.75 Å².